The molecule has 1 saturated carbocycles. The summed E-state index contributed by atoms with van der Waals surface area (Å²) in [6.45, 7) is 1.85. The second-order valence-electron chi connectivity index (χ2n) is 7.91. The summed E-state index contributed by atoms with van der Waals surface area (Å²) in [7, 11) is 0. The molecule has 0 bridgehead atoms. The van der Waals surface area contributed by atoms with Crippen LogP contribution in [0, 0.1) is 11.8 Å². The third kappa shape index (κ3) is 3.40. The van der Waals surface area contributed by atoms with Gasteiger partial charge >= 0.3 is 0 Å². The maximum atomic E-state index is 13.0. The van der Waals surface area contributed by atoms with Crippen molar-refractivity contribution in [1.29, 1.82) is 0 Å². The Balaban J connectivity index is 1.29. The molecule has 1 saturated heterocycles. The summed E-state index contributed by atoms with van der Waals surface area (Å²) in [6, 6.07) is 2.06. The van der Waals surface area contributed by atoms with E-state index in [2.05, 4.69) is 25.3 Å². The molecule has 0 unspecified atom stereocenters. The van der Waals surface area contributed by atoms with Crippen LogP contribution in [-0.2, 0) is 4.74 Å². The zero-order valence-corrected chi connectivity index (χ0v) is 15.7. The molecular weight excluding hydrogens is 356 g/mol. The third-order valence-electron chi connectivity index (χ3n) is 5.90. The van der Waals surface area contributed by atoms with E-state index in [1.807, 2.05) is 6.07 Å². The third-order valence-corrected chi connectivity index (χ3v) is 5.90. The van der Waals surface area contributed by atoms with E-state index in [1.54, 1.807) is 29.5 Å². The van der Waals surface area contributed by atoms with Crippen molar-refractivity contribution in [3.63, 3.8) is 0 Å². The lowest BCUT2D eigenvalue weighted by Gasteiger charge is -2.34. The summed E-state index contributed by atoms with van der Waals surface area (Å²) in [4.78, 5) is 29.2. The number of ether oxygens (including phenoxy) is 1. The van der Waals surface area contributed by atoms with Gasteiger partial charge in [-0.1, -0.05) is 0 Å². The van der Waals surface area contributed by atoms with Crippen LogP contribution in [0.4, 0.5) is 0 Å². The van der Waals surface area contributed by atoms with Gasteiger partial charge < -0.3 is 15.0 Å². The first-order chi connectivity index (χ1) is 13.8. The molecule has 2 aliphatic rings. The summed E-state index contributed by atoms with van der Waals surface area (Å²) < 4.78 is 6.99. The highest BCUT2D eigenvalue weighted by Crippen LogP contribution is 2.32. The lowest BCUT2D eigenvalue weighted by molar-refractivity contribution is -0.0449. The van der Waals surface area contributed by atoms with Crippen LogP contribution in [0.15, 0.2) is 31.0 Å². The number of nitrogens with zero attached hydrogens (tertiary/aromatic N) is 4. The van der Waals surface area contributed by atoms with Crippen molar-refractivity contribution >= 4 is 16.9 Å². The first-order valence-corrected chi connectivity index (χ1v) is 9.98. The number of hydrogen-bond donors (Lipinski definition) is 2. The molecule has 8 heteroatoms. The molecule has 1 amide bonds. The molecule has 3 aromatic heterocycles. The number of carbonyl (C=O) groups excluding carboxylic acids is 1. The van der Waals surface area contributed by atoms with Crippen LogP contribution < -0.4 is 5.32 Å². The monoisotopic (exact) mass is 380 g/mol. The topological polar surface area (TPSA) is 97.7 Å². The number of amides is 1. The first-order valence-electron chi connectivity index (χ1n) is 9.98. The average Bonchev–Trinajstić information content (AvgIpc) is 3.36. The number of aromatic nitrogens is 5. The fraction of sp³-hybridized carbons (Fsp3) is 0.500. The van der Waals surface area contributed by atoms with E-state index in [1.165, 1.54) is 19.3 Å². The Morgan fingerprint density at radius 3 is 2.79 bits per heavy atom. The van der Waals surface area contributed by atoms with E-state index >= 15 is 0 Å². The molecular formula is C20H24N6O2. The molecule has 1 aliphatic carbocycles. The molecule has 2 N–H and O–H groups in total. The Hall–Kier alpha value is -2.74. The van der Waals surface area contributed by atoms with Crippen LogP contribution in [0.25, 0.3) is 17.0 Å². The second-order valence-corrected chi connectivity index (χ2v) is 7.91. The van der Waals surface area contributed by atoms with Crippen molar-refractivity contribution in [2.75, 3.05) is 13.2 Å². The van der Waals surface area contributed by atoms with Gasteiger partial charge in [0.15, 0.2) is 5.69 Å². The number of H-pyrrole nitrogens is 1. The number of aromatic amines is 1. The normalized spacial score (nSPS) is 22.9. The van der Waals surface area contributed by atoms with E-state index < -0.39 is 0 Å². The summed E-state index contributed by atoms with van der Waals surface area (Å²) in [5, 5.41) is 3.19. The molecule has 0 spiro atoms. The number of fused-ring (bicyclic) bond motifs is 1. The van der Waals surface area contributed by atoms with Crippen LogP contribution in [0.1, 0.15) is 42.6 Å². The number of hydrogen-bond acceptors (Lipinski definition) is 5. The minimum Gasteiger partial charge on any atom is -0.381 e. The highest BCUT2D eigenvalue weighted by molar-refractivity contribution is 6.03. The van der Waals surface area contributed by atoms with Crippen molar-refractivity contribution in [1.82, 2.24) is 29.8 Å². The van der Waals surface area contributed by atoms with Crippen molar-refractivity contribution in [3.8, 4) is 5.95 Å². The summed E-state index contributed by atoms with van der Waals surface area (Å²) in [5.74, 6) is 1.82. The Kier molecular flexibility index (Phi) is 4.56. The molecule has 8 nitrogen and oxygen atoms in total. The fourth-order valence-corrected chi connectivity index (χ4v) is 4.28. The van der Waals surface area contributed by atoms with Gasteiger partial charge in [0, 0.05) is 30.6 Å². The number of rotatable bonds is 5. The number of carbonyl (C=O) groups is 1. The molecule has 0 aromatic carbocycles. The van der Waals surface area contributed by atoms with Crippen LogP contribution in [-0.4, -0.2) is 49.7 Å². The summed E-state index contributed by atoms with van der Waals surface area (Å²) >= 11 is 0. The summed E-state index contributed by atoms with van der Waals surface area (Å²) in [5.41, 5.74) is 1.77. The Labute approximate surface area is 162 Å². The zero-order chi connectivity index (χ0) is 18.9. The molecule has 28 heavy (non-hydrogen) atoms. The van der Waals surface area contributed by atoms with Crippen LogP contribution in [0.2, 0.25) is 0 Å². The van der Waals surface area contributed by atoms with Gasteiger partial charge in [0.2, 0.25) is 5.95 Å². The van der Waals surface area contributed by atoms with Gasteiger partial charge in [-0.3, -0.25) is 9.36 Å². The minimum absolute atomic E-state index is 0.146. The lowest BCUT2D eigenvalue weighted by Crippen LogP contribution is -2.39. The van der Waals surface area contributed by atoms with Gasteiger partial charge in [-0.15, -0.1) is 0 Å². The first kappa shape index (κ1) is 17.4. The van der Waals surface area contributed by atoms with Crippen molar-refractivity contribution in [2.45, 2.75) is 38.1 Å². The molecule has 146 valence electrons. The van der Waals surface area contributed by atoms with Gasteiger partial charge in [0.1, 0.15) is 6.33 Å². The van der Waals surface area contributed by atoms with Gasteiger partial charge in [0.05, 0.1) is 24.2 Å². The Morgan fingerprint density at radius 1 is 1.21 bits per heavy atom. The van der Waals surface area contributed by atoms with Crippen molar-refractivity contribution in [3.05, 3.63) is 36.7 Å². The molecule has 0 radical (unpaired) electrons. The molecule has 3 aromatic rings. The lowest BCUT2D eigenvalue weighted by atomic mass is 9.80. The SMILES string of the molecule is O=C(NC1CCC(CC2COC2)CC1)c1nc(-n2ccnc2)nc2cc[nH]c12. The van der Waals surface area contributed by atoms with E-state index in [4.69, 9.17) is 4.74 Å². The molecule has 4 heterocycles. The van der Waals surface area contributed by atoms with Gasteiger partial charge in [-0.2, -0.15) is 0 Å². The number of nitrogens with one attached hydrogen (secondary N) is 2. The van der Waals surface area contributed by atoms with Crippen molar-refractivity contribution in [2.24, 2.45) is 11.8 Å². The number of imidazole rings is 1. The van der Waals surface area contributed by atoms with E-state index in [-0.39, 0.29) is 11.9 Å². The fourth-order valence-electron chi connectivity index (χ4n) is 4.28. The molecule has 5 rings (SSSR count). The van der Waals surface area contributed by atoms with Gasteiger partial charge in [0.25, 0.3) is 5.91 Å². The van der Waals surface area contributed by atoms with Crippen LogP contribution in [0.5, 0.6) is 0 Å². The van der Waals surface area contributed by atoms with Crippen LogP contribution in [0.3, 0.4) is 0 Å². The Bertz CT molecular complexity index is 954. The Morgan fingerprint density at radius 2 is 2.07 bits per heavy atom. The van der Waals surface area contributed by atoms with Crippen LogP contribution >= 0.6 is 0 Å². The molecule has 1 aliphatic heterocycles. The van der Waals surface area contributed by atoms with Gasteiger partial charge in [-0.05, 0) is 44.1 Å². The second kappa shape index (κ2) is 7.35. The maximum absolute atomic E-state index is 13.0. The zero-order valence-electron chi connectivity index (χ0n) is 15.7. The predicted octanol–water partition coefficient (Wildman–Crippen LogP) is 2.47. The predicted molar refractivity (Wildman–Crippen MR) is 103 cm³/mol. The molecule has 2 fully saturated rings. The molecule has 0 atom stereocenters. The standard InChI is InChI=1S/C20H24N6O2/c27-19(23-15-3-1-13(2-4-15)9-14-10-28-11-14)18-17-16(5-6-22-17)24-20(25-18)26-8-7-21-12-26/h5-8,12-15,22H,1-4,9-11H2,(H,23,27). The van der Waals surface area contributed by atoms with Gasteiger partial charge in [-0.25, -0.2) is 15.0 Å². The van der Waals surface area contributed by atoms with E-state index in [0.717, 1.165) is 43.4 Å². The highest BCUT2D eigenvalue weighted by Gasteiger charge is 2.28. The smallest absolute Gasteiger partial charge is 0.272 e. The average molecular weight is 380 g/mol. The largest absolute Gasteiger partial charge is 0.381 e. The van der Waals surface area contributed by atoms with E-state index in [9.17, 15) is 4.79 Å². The summed E-state index contributed by atoms with van der Waals surface area (Å²) in [6.07, 6.45) is 12.5. The minimum atomic E-state index is -0.146. The highest BCUT2D eigenvalue weighted by atomic mass is 16.5. The quantitative estimate of drug-likeness (QED) is 0.709. The van der Waals surface area contributed by atoms with E-state index in [0.29, 0.717) is 17.2 Å². The maximum Gasteiger partial charge on any atom is 0.272 e. The van der Waals surface area contributed by atoms with Crippen molar-refractivity contribution < 1.29 is 9.53 Å².